The summed E-state index contributed by atoms with van der Waals surface area (Å²) >= 11 is 0. The van der Waals surface area contributed by atoms with Gasteiger partial charge < -0.3 is 10.4 Å². The third-order valence-corrected chi connectivity index (χ3v) is 3.62. The highest BCUT2D eigenvalue weighted by Crippen LogP contribution is 2.41. The molecule has 76 valence electrons. The van der Waals surface area contributed by atoms with E-state index in [1.807, 2.05) is 6.92 Å². The average molecular weight is 187 g/mol. The molecule has 0 aromatic carbocycles. The van der Waals surface area contributed by atoms with Crippen molar-refractivity contribution in [3.63, 3.8) is 0 Å². The lowest BCUT2D eigenvalue weighted by Gasteiger charge is -2.54. The topological polar surface area (TPSA) is 32.3 Å². The van der Waals surface area contributed by atoms with Gasteiger partial charge in [0.1, 0.15) is 6.17 Å². The average Bonchev–Trinajstić information content (AvgIpc) is 1.99. The van der Waals surface area contributed by atoms with Gasteiger partial charge in [0.25, 0.3) is 0 Å². The fourth-order valence-corrected chi connectivity index (χ4v) is 3.01. The fraction of sp³-hybridized carbons (Fsp3) is 1.00. The monoisotopic (exact) mass is 187 g/mol. The van der Waals surface area contributed by atoms with Crippen LogP contribution in [0.5, 0.6) is 0 Å². The van der Waals surface area contributed by atoms with Crippen LogP contribution >= 0.6 is 0 Å². The number of nitrogens with one attached hydrogen (secondary N) is 1. The number of alkyl halides is 1. The van der Waals surface area contributed by atoms with Gasteiger partial charge in [0.2, 0.25) is 0 Å². The molecule has 0 amide bonds. The van der Waals surface area contributed by atoms with Crippen LogP contribution in [0.15, 0.2) is 0 Å². The van der Waals surface area contributed by atoms with Gasteiger partial charge in [-0.1, -0.05) is 0 Å². The van der Waals surface area contributed by atoms with Crippen LogP contribution in [-0.4, -0.2) is 28.5 Å². The first-order valence-corrected chi connectivity index (χ1v) is 5.07. The van der Waals surface area contributed by atoms with Crippen LogP contribution in [0.2, 0.25) is 0 Å². The molecule has 2 saturated heterocycles. The molecule has 2 fully saturated rings. The first-order valence-electron chi connectivity index (χ1n) is 5.07. The second kappa shape index (κ2) is 2.67. The summed E-state index contributed by atoms with van der Waals surface area (Å²) in [6, 6.07) is 0. The highest BCUT2D eigenvalue weighted by Gasteiger charge is 2.51. The van der Waals surface area contributed by atoms with Gasteiger partial charge in [-0.25, -0.2) is 4.39 Å². The van der Waals surface area contributed by atoms with E-state index in [-0.39, 0.29) is 5.54 Å². The van der Waals surface area contributed by atoms with E-state index in [4.69, 9.17) is 0 Å². The summed E-state index contributed by atoms with van der Waals surface area (Å²) in [4.78, 5) is 0. The predicted molar refractivity (Wildman–Crippen MR) is 49.3 cm³/mol. The lowest BCUT2D eigenvalue weighted by atomic mass is 9.69. The van der Waals surface area contributed by atoms with Crippen molar-refractivity contribution in [2.75, 3.05) is 0 Å². The largest absolute Gasteiger partial charge is 0.390 e. The molecule has 0 aromatic rings. The van der Waals surface area contributed by atoms with Crippen LogP contribution in [0.4, 0.5) is 4.39 Å². The van der Waals surface area contributed by atoms with Gasteiger partial charge in [0, 0.05) is 11.1 Å². The Balaban J connectivity index is 2.26. The first-order chi connectivity index (χ1) is 5.95. The number of aliphatic hydroxyl groups excluding tert-OH is 1. The van der Waals surface area contributed by atoms with Crippen molar-refractivity contribution < 1.29 is 9.50 Å². The molecule has 0 unspecified atom stereocenters. The van der Waals surface area contributed by atoms with E-state index in [1.54, 1.807) is 0 Å². The standard InChI is InChI=1S/C10H18FNO/c1-9-4-3-5-10(2,12-9)8(11)7(13)6-9/h7-8,12-13H,3-6H2,1-2H3/t7-,8+,9+,10-/m0/s1. The second-order valence-electron chi connectivity index (χ2n) is 5.13. The van der Waals surface area contributed by atoms with Gasteiger partial charge in [-0.05, 0) is 39.5 Å². The van der Waals surface area contributed by atoms with Crippen LogP contribution in [0.3, 0.4) is 0 Å². The summed E-state index contributed by atoms with van der Waals surface area (Å²) in [5.74, 6) is 0. The van der Waals surface area contributed by atoms with Crippen molar-refractivity contribution in [2.24, 2.45) is 0 Å². The number of halogens is 1. The molecule has 0 aliphatic carbocycles. The molecule has 0 spiro atoms. The van der Waals surface area contributed by atoms with E-state index < -0.39 is 17.8 Å². The van der Waals surface area contributed by atoms with E-state index in [9.17, 15) is 9.50 Å². The summed E-state index contributed by atoms with van der Waals surface area (Å²) in [5, 5.41) is 12.9. The summed E-state index contributed by atoms with van der Waals surface area (Å²) < 4.78 is 13.7. The first kappa shape index (κ1) is 9.41. The summed E-state index contributed by atoms with van der Waals surface area (Å²) in [5.41, 5.74) is -0.542. The summed E-state index contributed by atoms with van der Waals surface area (Å²) in [6.45, 7) is 3.97. The Kier molecular flexibility index (Phi) is 1.93. The van der Waals surface area contributed by atoms with Crippen LogP contribution in [0.1, 0.15) is 39.5 Å². The van der Waals surface area contributed by atoms with Gasteiger partial charge >= 0.3 is 0 Å². The molecular formula is C10H18FNO. The quantitative estimate of drug-likeness (QED) is 0.600. The van der Waals surface area contributed by atoms with Crippen LogP contribution in [0, 0.1) is 0 Å². The molecule has 2 nitrogen and oxygen atoms in total. The molecule has 2 bridgehead atoms. The van der Waals surface area contributed by atoms with Gasteiger partial charge in [-0.15, -0.1) is 0 Å². The van der Waals surface area contributed by atoms with E-state index >= 15 is 0 Å². The third kappa shape index (κ3) is 1.38. The Labute approximate surface area is 78.5 Å². The maximum absolute atomic E-state index is 13.7. The number of hydrogen-bond donors (Lipinski definition) is 2. The Hall–Kier alpha value is -0.150. The van der Waals surface area contributed by atoms with Gasteiger partial charge in [0.15, 0.2) is 0 Å². The Bertz CT molecular complexity index is 223. The molecule has 0 aromatic heterocycles. The zero-order valence-corrected chi connectivity index (χ0v) is 8.31. The molecule has 2 rings (SSSR count). The normalized spacial score (nSPS) is 56.3. The smallest absolute Gasteiger partial charge is 0.144 e. The SMILES string of the molecule is C[C@]12CCC[C@](C)(N1)[C@H](F)[C@@H](O)C2. The lowest BCUT2D eigenvalue weighted by molar-refractivity contribution is -0.0721. The zero-order chi connectivity index (χ0) is 9.69. The Morgan fingerprint density at radius 3 is 2.77 bits per heavy atom. The minimum absolute atomic E-state index is 0.0466. The lowest BCUT2D eigenvalue weighted by Crippen LogP contribution is -2.70. The molecule has 3 heteroatoms. The van der Waals surface area contributed by atoms with Crippen molar-refractivity contribution in [1.82, 2.24) is 5.32 Å². The molecule has 13 heavy (non-hydrogen) atoms. The van der Waals surface area contributed by atoms with Crippen molar-refractivity contribution in [2.45, 2.75) is 62.9 Å². The molecule has 2 N–H and O–H groups in total. The molecular weight excluding hydrogens is 169 g/mol. The molecule has 0 radical (unpaired) electrons. The second-order valence-corrected chi connectivity index (χ2v) is 5.13. The third-order valence-electron chi connectivity index (χ3n) is 3.62. The van der Waals surface area contributed by atoms with Crippen molar-refractivity contribution in [3.8, 4) is 0 Å². The van der Waals surface area contributed by atoms with Crippen molar-refractivity contribution in [1.29, 1.82) is 0 Å². The number of fused-ring (bicyclic) bond motifs is 2. The number of piperidine rings is 2. The predicted octanol–water partition coefficient (Wildman–Crippen LogP) is 1.38. The summed E-state index contributed by atoms with van der Waals surface area (Å²) in [6.07, 6.45) is 1.60. The van der Waals surface area contributed by atoms with E-state index in [2.05, 4.69) is 12.2 Å². The van der Waals surface area contributed by atoms with Crippen LogP contribution in [0.25, 0.3) is 0 Å². The van der Waals surface area contributed by atoms with Crippen LogP contribution < -0.4 is 5.32 Å². The fourth-order valence-electron chi connectivity index (χ4n) is 3.01. The van der Waals surface area contributed by atoms with Crippen molar-refractivity contribution in [3.05, 3.63) is 0 Å². The minimum atomic E-state index is -1.11. The molecule has 4 atom stereocenters. The van der Waals surface area contributed by atoms with E-state index in [0.29, 0.717) is 6.42 Å². The van der Waals surface area contributed by atoms with Gasteiger partial charge in [-0.3, -0.25) is 0 Å². The highest BCUT2D eigenvalue weighted by molar-refractivity contribution is 5.09. The molecule has 2 heterocycles. The number of aliphatic hydroxyl groups is 1. The number of hydrogen-bond acceptors (Lipinski definition) is 2. The van der Waals surface area contributed by atoms with Gasteiger partial charge in [0.05, 0.1) is 6.10 Å². The maximum atomic E-state index is 13.7. The van der Waals surface area contributed by atoms with Crippen LogP contribution in [-0.2, 0) is 0 Å². The maximum Gasteiger partial charge on any atom is 0.144 e. The molecule has 0 saturated carbocycles. The molecule has 2 aliphatic rings. The Morgan fingerprint density at radius 1 is 1.38 bits per heavy atom. The highest BCUT2D eigenvalue weighted by atomic mass is 19.1. The van der Waals surface area contributed by atoms with Gasteiger partial charge in [-0.2, -0.15) is 0 Å². The minimum Gasteiger partial charge on any atom is -0.390 e. The number of rotatable bonds is 0. The van der Waals surface area contributed by atoms with E-state index in [0.717, 1.165) is 19.3 Å². The molecule has 2 aliphatic heterocycles. The van der Waals surface area contributed by atoms with E-state index in [1.165, 1.54) is 0 Å². The van der Waals surface area contributed by atoms with Crippen molar-refractivity contribution >= 4 is 0 Å². The zero-order valence-electron chi connectivity index (χ0n) is 8.31. The Morgan fingerprint density at radius 2 is 2.08 bits per heavy atom. The summed E-state index contributed by atoms with van der Waals surface area (Å²) in [7, 11) is 0.